The van der Waals surface area contributed by atoms with Gasteiger partial charge in [0.15, 0.2) is 6.10 Å². The second-order valence-electron chi connectivity index (χ2n) is 4.57. The Hall–Kier alpha value is -2.69. The fourth-order valence-electron chi connectivity index (χ4n) is 1.91. The van der Waals surface area contributed by atoms with Crippen LogP contribution in [-0.2, 0) is 4.74 Å². The van der Waals surface area contributed by atoms with Crippen molar-refractivity contribution < 1.29 is 19.1 Å². The third-order valence-electron chi connectivity index (χ3n) is 2.98. The summed E-state index contributed by atoms with van der Waals surface area (Å²) < 4.78 is 10.5. The van der Waals surface area contributed by atoms with Crippen molar-refractivity contribution >= 4 is 11.8 Å². The van der Waals surface area contributed by atoms with Crippen LogP contribution >= 0.6 is 0 Å². The molecule has 1 unspecified atom stereocenters. The molecule has 2 aromatic rings. The molecule has 1 aromatic carbocycles. The average Bonchev–Trinajstić information content (AvgIpc) is 2.55. The van der Waals surface area contributed by atoms with Gasteiger partial charge in [-0.1, -0.05) is 30.3 Å². The molecule has 0 N–H and O–H groups in total. The van der Waals surface area contributed by atoms with Crippen molar-refractivity contribution in [2.75, 3.05) is 6.61 Å². The Labute approximate surface area is 128 Å². The molecular weight excluding hydrogens is 282 g/mol. The van der Waals surface area contributed by atoms with Crippen molar-refractivity contribution in [2.45, 2.75) is 20.0 Å². The van der Waals surface area contributed by atoms with E-state index in [1.807, 2.05) is 6.07 Å². The lowest BCUT2D eigenvalue weighted by molar-refractivity contribution is 0.0314. The van der Waals surface area contributed by atoms with Crippen molar-refractivity contribution in [3.8, 4) is 5.88 Å². The van der Waals surface area contributed by atoms with Crippen molar-refractivity contribution in [2.24, 2.45) is 0 Å². The zero-order valence-electron chi connectivity index (χ0n) is 12.5. The van der Waals surface area contributed by atoms with Gasteiger partial charge in [-0.2, -0.15) is 0 Å². The van der Waals surface area contributed by atoms with Gasteiger partial charge in [0.25, 0.3) is 0 Å². The number of nitrogens with zero attached hydrogens (tertiary/aromatic N) is 1. The molecule has 1 heterocycles. The van der Waals surface area contributed by atoms with Gasteiger partial charge in [-0.3, -0.25) is 4.79 Å². The van der Waals surface area contributed by atoms with E-state index in [1.165, 1.54) is 6.20 Å². The summed E-state index contributed by atoms with van der Waals surface area (Å²) in [6, 6.07) is 11.9. The average molecular weight is 299 g/mol. The molecule has 0 aliphatic heterocycles. The van der Waals surface area contributed by atoms with E-state index in [2.05, 4.69) is 4.98 Å². The minimum atomic E-state index is -0.885. The molecule has 0 aliphatic carbocycles. The molecule has 5 heteroatoms. The molecule has 0 amide bonds. The smallest absolute Gasteiger partial charge is 0.344 e. The Kier molecular flexibility index (Phi) is 5.25. The third-order valence-corrected chi connectivity index (χ3v) is 2.98. The number of aromatic nitrogens is 1. The number of hydrogen-bond acceptors (Lipinski definition) is 5. The lowest BCUT2D eigenvalue weighted by Gasteiger charge is -2.13. The van der Waals surface area contributed by atoms with Gasteiger partial charge >= 0.3 is 5.97 Å². The summed E-state index contributed by atoms with van der Waals surface area (Å²) >= 11 is 0. The standard InChI is InChI=1S/C17H17NO4/c1-3-21-16-14(10-7-11-18-16)17(20)22-12(2)15(19)13-8-5-4-6-9-13/h4-12H,3H2,1-2H3. The van der Waals surface area contributed by atoms with Crippen LogP contribution in [0.4, 0.5) is 0 Å². The largest absolute Gasteiger partial charge is 0.477 e. The predicted octanol–water partition coefficient (Wildman–Crippen LogP) is 2.91. The van der Waals surface area contributed by atoms with Crippen LogP contribution in [-0.4, -0.2) is 29.4 Å². The van der Waals surface area contributed by atoms with E-state index in [4.69, 9.17) is 9.47 Å². The van der Waals surface area contributed by atoms with Crippen molar-refractivity contribution in [3.63, 3.8) is 0 Å². The molecule has 0 spiro atoms. The van der Waals surface area contributed by atoms with Crippen molar-refractivity contribution in [1.82, 2.24) is 4.98 Å². The minimum absolute atomic E-state index is 0.203. The number of rotatable bonds is 6. The van der Waals surface area contributed by atoms with Gasteiger partial charge < -0.3 is 9.47 Å². The van der Waals surface area contributed by atoms with Gasteiger partial charge in [0, 0.05) is 11.8 Å². The summed E-state index contributed by atoms with van der Waals surface area (Å²) in [5.74, 6) is -0.682. The number of benzene rings is 1. The highest BCUT2D eigenvalue weighted by Gasteiger charge is 2.22. The summed E-state index contributed by atoms with van der Waals surface area (Å²) in [4.78, 5) is 28.4. The first-order valence-electron chi connectivity index (χ1n) is 7.01. The van der Waals surface area contributed by atoms with Crippen LogP contribution in [0.3, 0.4) is 0 Å². The molecule has 0 saturated heterocycles. The number of carbonyl (C=O) groups excluding carboxylic acids is 2. The SMILES string of the molecule is CCOc1ncccc1C(=O)OC(C)C(=O)c1ccccc1. The maximum atomic E-state index is 12.2. The topological polar surface area (TPSA) is 65.5 Å². The Balaban J connectivity index is 2.10. The van der Waals surface area contributed by atoms with E-state index in [-0.39, 0.29) is 17.2 Å². The molecule has 0 aliphatic rings. The van der Waals surface area contributed by atoms with Crippen molar-refractivity contribution in [1.29, 1.82) is 0 Å². The van der Waals surface area contributed by atoms with Crippen LogP contribution in [0.1, 0.15) is 34.6 Å². The molecule has 114 valence electrons. The van der Waals surface area contributed by atoms with Gasteiger partial charge in [-0.15, -0.1) is 0 Å². The molecule has 1 aromatic heterocycles. The van der Waals surface area contributed by atoms with Crippen LogP contribution in [0.5, 0.6) is 5.88 Å². The van der Waals surface area contributed by atoms with Gasteiger partial charge in [0.1, 0.15) is 5.56 Å². The first-order valence-corrected chi connectivity index (χ1v) is 7.01. The van der Waals surface area contributed by atoms with E-state index in [0.717, 1.165) is 0 Å². The number of hydrogen-bond donors (Lipinski definition) is 0. The van der Waals surface area contributed by atoms with Crippen LogP contribution in [0.2, 0.25) is 0 Å². The molecule has 5 nitrogen and oxygen atoms in total. The Morgan fingerprint density at radius 1 is 1.14 bits per heavy atom. The fourth-order valence-corrected chi connectivity index (χ4v) is 1.91. The van der Waals surface area contributed by atoms with Gasteiger partial charge in [0.2, 0.25) is 11.7 Å². The maximum absolute atomic E-state index is 12.2. The molecule has 0 saturated carbocycles. The quantitative estimate of drug-likeness (QED) is 0.606. The summed E-state index contributed by atoms with van der Waals surface area (Å²) in [7, 11) is 0. The van der Waals surface area contributed by atoms with Gasteiger partial charge in [-0.05, 0) is 26.0 Å². The van der Waals surface area contributed by atoms with Crippen LogP contribution in [0, 0.1) is 0 Å². The highest BCUT2D eigenvalue weighted by molar-refractivity contribution is 6.01. The number of ketones is 1. The zero-order chi connectivity index (χ0) is 15.9. The minimum Gasteiger partial charge on any atom is -0.477 e. The normalized spacial score (nSPS) is 11.5. The maximum Gasteiger partial charge on any atom is 0.344 e. The molecule has 22 heavy (non-hydrogen) atoms. The Morgan fingerprint density at radius 2 is 1.86 bits per heavy atom. The third kappa shape index (κ3) is 3.69. The zero-order valence-corrected chi connectivity index (χ0v) is 12.5. The number of carbonyl (C=O) groups is 2. The van der Waals surface area contributed by atoms with E-state index < -0.39 is 12.1 Å². The number of pyridine rings is 1. The number of Topliss-reactive ketones (excluding diaryl/α,β-unsaturated/α-hetero) is 1. The first-order chi connectivity index (χ1) is 10.6. The lowest BCUT2D eigenvalue weighted by Crippen LogP contribution is -2.24. The summed E-state index contributed by atoms with van der Waals surface area (Å²) in [6.07, 6.45) is 0.643. The van der Waals surface area contributed by atoms with Crippen molar-refractivity contribution in [3.05, 3.63) is 59.8 Å². The molecule has 2 rings (SSSR count). The highest BCUT2D eigenvalue weighted by atomic mass is 16.5. The summed E-state index contributed by atoms with van der Waals surface area (Å²) in [6.45, 7) is 3.73. The second-order valence-corrected chi connectivity index (χ2v) is 4.57. The second kappa shape index (κ2) is 7.36. The van der Waals surface area contributed by atoms with E-state index in [0.29, 0.717) is 12.2 Å². The van der Waals surface area contributed by atoms with Crippen LogP contribution < -0.4 is 4.74 Å². The monoisotopic (exact) mass is 299 g/mol. The van der Waals surface area contributed by atoms with Gasteiger partial charge in [-0.25, -0.2) is 9.78 Å². The van der Waals surface area contributed by atoms with E-state index in [9.17, 15) is 9.59 Å². The predicted molar refractivity (Wildman–Crippen MR) is 81.1 cm³/mol. The Bertz CT molecular complexity index is 655. The molecule has 0 radical (unpaired) electrons. The lowest BCUT2D eigenvalue weighted by atomic mass is 10.1. The van der Waals surface area contributed by atoms with Gasteiger partial charge in [0.05, 0.1) is 6.61 Å². The number of esters is 1. The highest BCUT2D eigenvalue weighted by Crippen LogP contribution is 2.17. The van der Waals surface area contributed by atoms with Crippen LogP contribution in [0.15, 0.2) is 48.7 Å². The number of ether oxygens (including phenoxy) is 2. The van der Waals surface area contributed by atoms with E-state index in [1.54, 1.807) is 50.2 Å². The summed E-state index contributed by atoms with van der Waals surface area (Å²) in [5, 5.41) is 0. The molecule has 1 atom stereocenters. The molecular formula is C17H17NO4. The Morgan fingerprint density at radius 3 is 2.55 bits per heavy atom. The molecule has 0 fully saturated rings. The summed E-state index contributed by atoms with van der Waals surface area (Å²) in [5.41, 5.74) is 0.705. The fraction of sp³-hybridized carbons (Fsp3) is 0.235. The molecule has 0 bridgehead atoms. The van der Waals surface area contributed by atoms with E-state index >= 15 is 0 Å². The first kappa shape index (κ1) is 15.7. The van der Waals surface area contributed by atoms with Crippen LogP contribution in [0.25, 0.3) is 0 Å².